The van der Waals surface area contributed by atoms with E-state index in [9.17, 15) is 9.90 Å². The van der Waals surface area contributed by atoms with Crippen LogP contribution in [0.15, 0.2) is 18.5 Å². The van der Waals surface area contributed by atoms with Crippen LogP contribution in [0.1, 0.15) is 10.4 Å². The van der Waals surface area contributed by atoms with E-state index >= 15 is 0 Å². The summed E-state index contributed by atoms with van der Waals surface area (Å²) >= 11 is 0. The lowest BCUT2D eigenvalue weighted by Gasteiger charge is -2.21. The predicted octanol–water partition coefficient (Wildman–Crippen LogP) is -0.257. The number of aliphatic hydroxyl groups excluding tert-OH is 1. The molecule has 0 bridgehead atoms. The Bertz CT molecular complexity index is 384. The average Bonchev–Trinajstić information content (AvgIpc) is 2.29. The zero-order chi connectivity index (χ0) is 12.8. The Balaban J connectivity index is 2.67. The van der Waals surface area contributed by atoms with Crippen LogP contribution in [0.3, 0.4) is 0 Å². The number of amides is 1. The van der Waals surface area contributed by atoms with Crippen LogP contribution in [0.5, 0.6) is 0 Å². The van der Waals surface area contributed by atoms with Gasteiger partial charge >= 0.3 is 0 Å². The molecular weight excluding hydrogens is 222 g/mol. The van der Waals surface area contributed by atoms with Crippen LogP contribution in [0.4, 0.5) is 5.69 Å². The highest BCUT2D eigenvalue weighted by Crippen LogP contribution is 2.11. The molecule has 0 saturated carbocycles. The molecule has 0 aliphatic rings. The number of nitrogens with two attached hydrogens (primary N) is 1. The number of carbonyl (C=O) groups excluding carboxylic acids is 1. The summed E-state index contributed by atoms with van der Waals surface area (Å²) in [4.78, 5) is 17.2. The van der Waals surface area contributed by atoms with Gasteiger partial charge in [-0.3, -0.25) is 9.78 Å². The highest BCUT2D eigenvalue weighted by atomic mass is 16.5. The summed E-state index contributed by atoms with van der Waals surface area (Å²) in [6.45, 7) is 0.373. The van der Waals surface area contributed by atoms with Crippen molar-refractivity contribution in [2.24, 2.45) is 0 Å². The first-order valence-corrected chi connectivity index (χ1v) is 5.18. The van der Waals surface area contributed by atoms with Crippen LogP contribution >= 0.6 is 0 Å². The molecule has 1 amide bonds. The van der Waals surface area contributed by atoms with Gasteiger partial charge in [0.1, 0.15) is 0 Å². The van der Waals surface area contributed by atoms with Crippen molar-refractivity contribution >= 4 is 11.6 Å². The molecule has 0 fully saturated rings. The number of carbonyl (C=O) groups is 1. The minimum absolute atomic E-state index is 0.184. The summed E-state index contributed by atoms with van der Waals surface area (Å²) in [5.74, 6) is -0.250. The maximum absolute atomic E-state index is 12.0. The molecular formula is C11H17N3O3. The molecule has 0 aromatic carbocycles. The van der Waals surface area contributed by atoms with Gasteiger partial charge in [0.2, 0.25) is 0 Å². The van der Waals surface area contributed by atoms with Gasteiger partial charge < -0.3 is 20.5 Å². The Kier molecular flexibility index (Phi) is 4.86. The third-order valence-electron chi connectivity index (χ3n) is 2.27. The summed E-state index contributed by atoms with van der Waals surface area (Å²) in [5.41, 5.74) is 6.36. The Morgan fingerprint density at radius 1 is 1.71 bits per heavy atom. The van der Waals surface area contributed by atoms with E-state index in [-0.39, 0.29) is 19.1 Å². The Morgan fingerprint density at radius 3 is 3.00 bits per heavy atom. The third kappa shape index (κ3) is 3.69. The Hall–Kier alpha value is -1.66. The number of nitrogens with zero attached hydrogens (tertiary/aromatic N) is 2. The number of aliphatic hydroxyl groups is 1. The Morgan fingerprint density at radius 2 is 2.41 bits per heavy atom. The average molecular weight is 239 g/mol. The van der Waals surface area contributed by atoms with E-state index in [1.807, 2.05) is 0 Å². The largest absolute Gasteiger partial charge is 0.397 e. The van der Waals surface area contributed by atoms with Gasteiger partial charge in [-0.2, -0.15) is 0 Å². The number of ether oxygens (including phenoxy) is 1. The number of anilines is 1. The van der Waals surface area contributed by atoms with Crippen LogP contribution in [0, 0.1) is 0 Å². The fourth-order valence-electron chi connectivity index (χ4n) is 1.45. The lowest BCUT2D eigenvalue weighted by atomic mass is 10.2. The van der Waals surface area contributed by atoms with Crippen LogP contribution in [-0.2, 0) is 4.74 Å². The quantitative estimate of drug-likeness (QED) is 0.739. The summed E-state index contributed by atoms with van der Waals surface area (Å²) in [7, 11) is 3.09. The van der Waals surface area contributed by atoms with Crippen molar-refractivity contribution in [1.82, 2.24) is 9.88 Å². The molecule has 0 radical (unpaired) electrons. The van der Waals surface area contributed by atoms with E-state index in [1.54, 1.807) is 13.1 Å². The molecule has 6 nitrogen and oxygen atoms in total. The van der Waals surface area contributed by atoms with E-state index in [0.29, 0.717) is 11.3 Å². The minimum Gasteiger partial charge on any atom is -0.397 e. The van der Waals surface area contributed by atoms with Gasteiger partial charge in [0.15, 0.2) is 0 Å². The van der Waals surface area contributed by atoms with Crippen molar-refractivity contribution in [3.05, 3.63) is 24.0 Å². The maximum Gasteiger partial charge on any atom is 0.255 e. The standard InChI is InChI=1S/C11H17N3O3/c1-14(6-8(15)7-17-2)11(16)9-3-4-13-5-10(9)12/h3-5,8,15H,6-7,12H2,1-2H3. The zero-order valence-corrected chi connectivity index (χ0v) is 9.96. The van der Waals surface area contributed by atoms with Crippen LogP contribution in [0.2, 0.25) is 0 Å². The first kappa shape index (κ1) is 13.4. The smallest absolute Gasteiger partial charge is 0.255 e. The van der Waals surface area contributed by atoms with E-state index in [0.717, 1.165) is 0 Å². The van der Waals surface area contributed by atoms with Crippen LogP contribution in [-0.4, -0.2) is 54.3 Å². The van der Waals surface area contributed by atoms with Crippen molar-refractivity contribution in [2.75, 3.05) is 33.0 Å². The van der Waals surface area contributed by atoms with Crippen LogP contribution in [0.25, 0.3) is 0 Å². The second-order valence-corrected chi connectivity index (χ2v) is 3.76. The summed E-state index contributed by atoms with van der Waals surface area (Å²) < 4.78 is 4.79. The third-order valence-corrected chi connectivity index (χ3v) is 2.27. The van der Waals surface area contributed by atoms with E-state index in [2.05, 4.69) is 4.98 Å². The number of hydrogen-bond acceptors (Lipinski definition) is 5. The topological polar surface area (TPSA) is 88.7 Å². The first-order chi connectivity index (χ1) is 8.06. The summed E-state index contributed by atoms with van der Waals surface area (Å²) in [6.07, 6.45) is 2.22. The molecule has 6 heteroatoms. The van der Waals surface area contributed by atoms with Crippen molar-refractivity contribution < 1.29 is 14.6 Å². The Labute approximate surface area is 100 Å². The van der Waals surface area contributed by atoms with Gasteiger partial charge in [-0.15, -0.1) is 0 Å². The van der Waals surface area contributed by atoms with Crippen molar-refractivity contribution in [1.29, 1.82) is 0 Å². The minimum atomic E-state index is -0.711. The molecule has 0 saturated heterocycles. The molecule has 1 unspecified atom stereocenters. The molecule has 0 aliphatic heterocycles. The van der Waals surface area contributed by atoms with Crippen molar-refractivity contribution in [2.45, 2.75) is 6.10 Å². The van der Waals surface area contributed by atoms with E-state index in [4.69, 9.17) is 10.5 Å². The first-order valence-electron chi connectivity index (χ1n) is 5.18. The number of aromatic nitrogens is 1. The fourth-order valence-corrected chi connectivity index (χ4v) is 1.45. The predicted molar refractivity (Wildman–Crippen MR) is 63.5 cm³/mol. The lowest BCUT2D eigenvalue weighted by molar-refractivity contribution is 0.0380. The number of likely N-dealkylation sites (N-methyl/N-ethyl adjacent to an activating group) is 1. The van der Waals surface area contributed by atoms with Gasteiger partial charge in [-0.1, -0.05) is 0 Å². The van der Waals surface area contributed by atoms with Crippen molar-refractivity contribution in [3.63, 3.8) is 0 Å². The number of methoxy groups -OCH3 is 1. The number of nitrogen functional groups attached to an aromatic ring is 1. The molecule has 0 aliphatic carbocycles. The second kappa shape index (κ2) is 6.17. The maximum atomic E-state index is 12.0. The fraction of sp³-hybridized carbons (Fsp3) is 0.455. The summed E-state index contributed by atoms with van der Waals surface area (Å²) in [6, 6.07) is 1.55. The van der Waals surface area contributed by atoms with Gasteiger partial charge in [0.05, 0.1) is 30.2 Å². The van der Waals surface area contributed by atoms with Crippen LogP contribution < -0.4 is 5.73 Å². The molecule has 1 rings (SSSR count). The molecule has 0 spiro atoms. The number of rotatable bonds is 5. The van der Waals surface area contributed by atoms with Gasteiger partial charge in [0.25, 0.3) is 5.91 Å². The molecule has 1 atom stereocenters. The van der Waals surface area contributed by atoms with E-state index < -0.39 is 6.10 Å². The SMILES string of the molecule is COCC(O)CN(C)C(=O)c1ccncc1N. The highest BCUT2D eigenvalue weighted by molar-refractivity contribution is 5.98. The van der Waals surface area contributed by atoms with Gasteiger partial charge in [0, 0.05) is 26.9 Å². The molecule has 1 aromatic rings. The lowest BCUT2D eigenvalue weighted by Crippen LogP contribution is -2.36. The molecule has 17 heavy (non-hydrogen) atoms. The summed E-state index contributed by atoms with van der Waals surface area (Å²) in [5, 5.41) is 9.52. The molecule has 1 aromatic heterocycles. The van der Waals surface area contributed by atoms with Gasteiger partial charge in [-0.05, 0) is 6.07 Å². The van der Waals surface area contributed by atoms with Gasteiger partial charge in [-0.25, -0.2) is 0 Å². The number of hydrogen-bond donors (Lipinski definition) is 2. The van der Waals surface area contributed by atoms with Crippen molar-refractivity contribution in [3.8, 4) is 0 Å². The monoisotopic (exact) mass is 239 g/mol. The molecule has 3 N–H and O–H groups in total. The zero-order valence-electron chi connectivity index (χ0n) is 9.96. The molecule has 1 heterocycles. The number of pyridine rings is 1. The molecule has 94 valence electrons. The second-order valence-electron chi connectivity index (χ2n) is 3.76. The normalized spacial score (nSPS) is 12.2. The highest BCUT2D eigenvalue weighted by Gasteiger charge is 2.17. The van der Waals surface area contributed by atoms with E-state index in [1.165, 1.54) is 24.4 Å².